The number of benzene rings is 2. The Kier molecular flexibility index (Phi) is 6.19. The summed E-state index contributed by atoms with van der Waals surface area (Å²) in [4.78, 5) is 9.25. The zero-order chi connectivity index (χ0) is 22.9. The van der Waals surface area contributed by atoms with Crippen LogP contribution in [0.5, 0.6) is 5.75 Å². The maximum Gasteiger partial charge on any atom is 0.138 e. The molecule has 1 fully saturated rings. The molecule has 32 heavy (non-hydrogen) atoms. The molecular formula is C24H27N4O3P. The molecule has 0 saturated carbocycles. The molecule has 1 saturated heterocycles. The number of aryl methyl sites for hydroxylation is 1. The van der Waals surface area contributed by atoms with Gasteiger partial charge < -0.3 is 19.4 Å². The van der Waals surface area contributed by atoms with Gasteiger partial charge in [-0.3, -0.25) is 0 Å². The number of methoxy groups -OCH3 is 1. The van der Waals surface area contributed by atoms with Crippen molar-refractivity contribution in [1.29, 1.82) is 5.26 Å². The first-order chi connectivity index (χ1) is 15.4. The van der Waals surface area contributed by atoms with Crippen LogP contribution in [-0.2, 0) is 9.30 Å². The van der Waals surface area contributed by atoms with Crippen molar-refractivity contribution >= 4 is 29.2 Å². The molecule has 8 heteroatoms. The molecule has 1 aromatic heterocycles. The molecule has 2 aromatic carbocycles. The Morgan fingerprint density at radius 2 is 1.97 bits per heavy atom. The number of hydrogen-bond acceptors (Lipinski definition) is 7. The number of fused-ring (bicyclic) bond motifs is 1. The summed E-state index contributed by atoms with van der Waals surface area (Å²) in [7, 11) is -1.04. The maximum absolute atomic E-state index is 13.7. The molecule has 3 aromatic rings. The fraction of sp³-hybridized carbons (Fsp3) is 0.375. The van der Waals surface area contributed by atoms with Gasteiger partial charge in [0, 0.05) is 23.8 Å². The average molecular weight is 450 g/mol. The number of nitriles is 1. The topological polar surface area (TPSA) is 97.1 Å². The Morgan fingerprint density at radius 3 is 2.66 bits per heavy atom. The van der Waals surface area contributed by atoms with Crippen molar-refractivity contribution in [3.05, 3.63) is 52.8 Å². The summed E-state index contributed by atoms with van der Waals surface area (Å²) in [6.07, 6.45) is 1.00. The summed E-state index contributed by atoms with van der Waals surface area (Å²) >= 11 is 0. The highest BCUT2D eigenvalue weighted by atomic mass is 31.2. The van der Waals surface area contributed by atoms with Gasteiger partial charge >= 0.3 is 0 Å². The van der Waals surface area contributed by atoms with E-state index in [1.807, 2.05) is 51.1 Å². The monoisotopic (exact) mass is 450 g/mol. The van der Waals surface area contributed by atoms with Crippen LogP contribution in [0.1, 0.15) is 35.5 Å². The van der Waals surface area contributed by atoms with Crippen molar-refractivity contribution in [2.45, 2.75) is 26.8 Å². The van der Waals surface area contributed by atoms with Crippen LogP contribution >= 0.6 is 7.14 Å². The van der Waals surface area contributed by atoms with Crippen LogP contribution < -0.4 is 15.4 Å². The summed E-state index contributed by atoms with van der Waals surface area (Å²) in [6, 6.07) is 11.7. The van der Waals surface area contributed by atoms with Gasteiger partial charge in [-0.05, 0) is 44.0 Å². The first-order valence-electron chi connectivity index (χ1n) is 10.6. The van der Waals surface area contributed by atoms with E-state index in [4.69, 9.17) is 9.47 Å². The normalized spacial score (nSPS) is 16.3. The Morgan fingerprint density at radius 1 is 1.22 bits per heavy atom. The van der Waals surface area contributed by atoms with Gasteiger partial charge in [0.1, 0.15) is 24.5 Å². The number of nitrogens with one attached hydrogen (secondary N) is 1. The van der Waals surface area contributed by atoms with Crippen LogP contribution in [0.2, 0.25) is 0 Å². The molecule has 0 spiro atoms. The maximum atomic E-state index is 13.7. The second-order valence-electron chi connectivity index (χ2n) is 8.11. The quantitative estimate of drug-likeness (QED) is 0.578. The van der Waals surface area contributed by atoms with E-state index < -0.39 is 7.14 Å². The van der Waals surface area contributed by atoms with E-state index in [0.29, 0.717) is 48.5 Å². The van der Waals surface area contributed by atoms with Gasteiger partial charge in [0.15, 0.2) is 0 Å². The lowest BCUT2D eigenvalue weighted by Crippen LogP contribution is -2.23. The van der Waals surface area contributed by atoms with E-state index >= 15 is 0 Å². The molecule has 166 valence electrons. The van der Waals surface area contributed by atoms with Crippen LogP contribution in [0.15, 0.2) is 30.3 Å². The van der Waals surface area contributed by atoms with Crippen molar-refractivity contribution < 1.29 is 14.0 Å². The highest BCUT2D eigenvalue weighted by Gasteiger charge is 2.31. The molecule has 0 amide bonds. The Labute approximate surface area is 188 Å². The molecule has 1 aliphatic heterocycles. The molecule has 1 atom stereocenters. The molecule has 0 unspecified atom stereocenters. The highest BCUT2D eigenvalue weighted by Crippen LogP contribution is 2.49. The van der Waals surface area contributed by atoms with Gasteiger partial charge in [-0.1, -0.05) is 12.1 Å². The minimum atomic E-state index is -2.64. The molecule has 1 N–H and O–H groups in total. The van der Waals surface area contributed by atoms with Crippen LogP contribution in [0.4, 0.5) is 5.82 Å². The smallest absolute Gasteiger partial charge is 0.138 e. The lowest BCUT2D eigenvalue weighted by molar-refractivity contribution is 0.156. The lowest BCUT2D eigenvalue weighted by Gasteiger charge is -2.26. The van der Waals surface area contributed by atoms with Crippen LogP contribution in [0.3, 0.4) is 0 Å². The summed E-state index contributed by atoms with van der Waals surface area (Å²) in [5.41, 5.74) is 3.36. The Balaban J connectivity index is 1.82. The van der Waals surface area contributed by atoms with Gasteiger partial charge in [0.25, 0.3) is 0 Å². The highest BCUT2D eigenvalue weighted by molar-refractivity contribution is 7.71. The van der Waals surface area contributed by atoms with Crippen molar-refractivity contribution in [2.24, 2.45) is 0 Å². The van der Waals surface area contributed by atoms with Crippen LogP contribution in [0, 0.1) is 25.2 Å². The number of anilines is 1. The van der Waals surface area contributed by atoms with E-state index in [1.54, 1.807) is 7.11 Å². The Bertz CT molecular complexity index is 1260. The molecule has 7 nitrogen and oxygen atoms in total. The average Bonchev–Trinajstić information content (AvgIpc) is 2.78. The zero-order valence-electron chi connectivity index (χ0n) is 18.8. The molecule has 0 radical (unpaired) electrons. The van der Waals surface area contributed by atoms with Crippen LogP contribution in [0.25, 0.3) is 10.9 Å². The van der Waals surface area contributed by atoms with E-state index in [-0.39, 0.29) is 6.04 Å². The van der Waals surface area contributed by atoms with E-state index in [2.05, 4.69) is 21.4 Å². The molecule has 4 rings (SSSR count). The van der Waals surface area contributed by atoms with Gasteiger partial charge in [-0.15, -0.1) is 0 Å². The van der Waals surface area contributed by atoms with Crippen LogP contribution in [-0.4, -0.2) is 42.6 Å². The fourth-order valence-electron chi connectivity index (χ4n) is 4.26. The zero-order valence-corrected chi connectivity index (χ0v) is 19.7. The molecule has 0 aliphatic carbocycles. The molecule has 0 bridgehead atoms. The first-order valence-corrected chi connectivity index (χ1v) is 12.7. The predicted molar refractivity (Wildman–Crippen MR) is 127 cm³/mol. The SMILES string of the molecule is COc1cc2nc(C)nc(N[C@H](C)c3cccc(C#N)c3C)c2cc1P1(=O)CCOCC1. The number of ether oxygens (including phenoxy) is 2. The summed E-state index contributed by atoms with van der Waals surface area (Å²) in [5.74, 6) is 1.89. The lowest BCUT2D eigenvalue weighted by atomic mass is 9.98. The second-order valence-corrected chi connectivity index (χ2v) is 11.3. The third-order valence-electron chi connectivity index (χ3n) is 6.06. The number of nitrogens with zero attached hydrogens (tertiary/aromatic N) is 3. The Hall–Kier alpha value is -2.94. The number of aromatic nitrogens is 2. The van der Waals surface area contributed by atoms with Gasteiger partial charge in [0.05, 0.1) is 48.8 Å². The van der Waals surface area contributed by atoms with E-state index in [1.165, 1.54) is 0 Å². The fourth-order valence-corrected chi connectivity index (χ4v) is 6.73. The molecule has 2 heterocycles. The van der Waals surface area contributed by atoms with E-state index in [9.17, 15) is 9.83 Å². The standard InChI is InChI=1S/C24H27N4O3P/c1-15-18(14-25)6-5-7-19(15)16(2)26-24-20-12-23(32(29)10-8-31-9-11-32)22(30-4)13-21(20)27-17(3)28-24/h5-7,12-13,16H,8-11H2,1-4H3,(H,26,27,28)/t16-/m1/s1. The first kappa shape index (κ1) is 22.3. The van der Waals surface area contributed by atoms with E-state index in [0.717, 1.165) is 27.3 Å². The van der Waals surface area contributed by atoms with Gasteiger partial charge in [-0.25, -0.2) is 9.97 Å². The van der Waals surface area contributed by atoms with Crippen molar-refractivity contribution in [1.82, 2.24) is 9.97 Å². The number of hydrogen-bond donors (Lipinski definition) is 1. The summed E-state index contributed by atoms with van der Waals surface area (Å²) in [5, 5.41) is 14.4. The summed E-state index contributed by atoms with van der Waals surface area (Å²) in [6.45, 7) is 6.81. The summed E-state index contributed by atoms with van der Waals surface area (Å²) < 4.78 is 24.8. The van der Waals surface area contributed by atoms with Crippen molar-refractivity contribution in [3.8, 4) is 11.8 Å². The molecule has 1 aliphatic rings. The van der Waals surface area contributed by atoms with Gasteiger partial charge in [-0.2, -0.15) is 5.26 Å². The minimum Gasteiger partial charge on any atom is -0.496 e. The minimum absolute atomic E-state index is 0.0922. The third-order valence-corrected chi connectivity index (χ3v) is 9.09. The largest absolute Gasteiger partial charge is 0.496 e. The van der Waals surface area contributed by atoms with Gasteiger partial charge in [0.2, 0.25) is 0 Å². The number of rotatable bonds is 5. The predicted octanol–water partition coefficient (Wildman–Crippen LogP) is 4.32. The second kappa shape index (κ2) is 8.90. The van der Waals surface area contributed by atoms with Crippen molar-refractivity contribution in [3.63, 3.8) is 0 Å². The van der Waals surface area contributed by atoms with Crippen molar-refractivity contribution in [2.75, 3.05) is 38.0 Å². The molecular weight excluding hydrogens is 423 g/mol. The third kappa shape index (κ3) is 4.09.